The Balaban J connectivity index is 0.00000560. The van der Waals surface area contributed by atoms with Crippen LogP contribution in [-0.4, -0.2) is 22.2 Å². The number of nitrogens with zero attached hydrogens (tertiary/aromatic N) is 4. The standard InChI is InChI=1S/C55H42N4OSi.Pt/c1-3-16-39(17-4-1)45-24-14-25-46(40-18-5-2-6-19-40)55(45)58-38-57(50-27-9-10-28-51(50)58)42-21-13-22-43(35-42)60-44-29-30-48-47-23-7-8-26-49(47)59(52(48)36-44)54-34-41-20-15-33-61(31-11-12-32-61)53(41)37-56-54;/h1-10,13-14,16-19,21-30,34,37H,11-12,15,20,31-33H2;/q-2;/i1D,2D,3D,4D,5D,6D,16D,17D,18D,19D;. The van der Waals surface area contributed by atoms with E-state index in [2.05, 4.69) is 53.5 Å². The van der Waals surface area contributed by atoms with Gasteiger partial charge in [0.1, 0.15) is 5.82 Å². The fourth-order valence-corrected chi connectivity index (χ4v) is 15.4. The molecule has 0 N–H and O–H groups in total. The van der Waals surface area contributed by atoms with Gasteiger partial charge in [-0.1, -0.05) is 164 Å². The Morgan fingerprint density at radius 1 is 0.661 bits per heavy atom. The van der Waals surface area contributed by atoms with Crippen LogP contribution in [0.25, 0.3) is 72.3 Å². The average Bonchev–Trinajstić information content (AvgIpc) is 4.11. The summed E-state index contributed by atoms with van der Waals surface area (Å²) in [4.78, 5) is 5.18. The zero-order valence-electron chi connectivity index (χ0n) is 43.4. The van der Waals surface area contributed by atoms with Crippen LogP contribution in [0.3, 0.4) is 0 Å². The number of ether oxygens (including phenoxy) is 1. The molecule has 62 heavy (non-hydrogen) atoms. The first-order valence-corrected chi connectivity index (χ1v) is 23.4. The molecule has 0 bridgehead atoms. The Labute approximate surface area is 391 Å². The van der Waals surface area contributed by atoms with Gasteiger partial charge in [0.15, 0.2) is 0 Å². The van der Waals surface area contributed by atoms with E-state index in [1.807, 2.05) is 54.6 Å². The van der Waals surface area contributed by atoms with Crippen LogP contribution >= 0.6 is 0 Å². The first kappa shape index (κ1) is 29.1. The molecule has 1 spiro atoms. The summed E-state index contributed by atoms with van der Waals surface area (Å²) < 4.78 is 99.2. The smallest absolute Gasteiger partial charge is 0.268 e. The molecule has 304 valence electrons. The second-order valence-corrected chi connectivity index (χ2v) is 20.5. The molecule has 0 radical (unpaired) electrons. The van der Waals surface area contributed by atoms with Gasteiger partial charge in [-0.3, -0.25) is 4.57 Å². The summed E-state index contributed by atoms with van der Waals surface area (Å²) in [6, 6.07) is 38.1. The normalized spacial score (nSPS) is 16.6. The van der Waals surface area contributed by atoms with Gasteiger partial charge in [0.25, 0.3) is 6.33 Å². The van der Waals surface area contributed by atoms with Crippen LogP contribution in [0.1, 0.15) is 38.5 Å². The topological polar surface area (TPSA) is 35.9 Å². The fraction of sp³-hybridized carbons (Fsp3) is 0.127. The van der Waals surface area contributed by atoms with E-state index in [0.29, 0.717) is 28.2 Å². The van der Waals surface area contributed by atoms with E-state index < -0.39 is 68.5 Å². The van der Waals surface area contributed by atoms with Gasteiger partial charge >= 0.3 is 0 Å². The van der Waals surface area contributed by atoms with Crippen LogP contribution in [0.4, 0.5) is 0 Å². The minimum atomic E-state index is -1.49. The Morgan fingerprint density at radius 2 is 1.34 bits per heavy atom. The summed E-state index contributed by atoms with van der Waals surface area (Å²) in [5.74, 6) is 1.72. The molecular formula is C55H42N4OPtSi-2. The van der Waals surface area contributed by atoms with Crippen molar-refractivity contribution in [2.45, 2.75) is 43.8 Å². The number of aromatic nitrogens is 4. The summed E-state index contributed by atoms with van der Waals surface area (Å²) in [5, 5.41) is 3.67. The first-order valence-electron chi connectivity index (χ1n) is 25.7. The maximum Gasteiger partial charge on any atom is 0.268 e. The van der Waals surface area contributed by atoms with Crippen LogP contribution < -0.4 is 14.5 Å². The van der Waals surface area contributed by atoms with Crippen molar-refractivity contribution in [2.24, 2.45) is 0 Å². The number of pyridine rings is 1. The number of benzene rings is 7. The summed E-state index contributed by atoms with van der Waals surface area (Å²) in [5.41, 5.74) is 5.23. The molecule has 0 amide bonds. The second-order valence-electron chi connectivity index (χ2n) is 15.9. The molecule has 2 aliphatic heterocycles. The van der Waals surface area contributed by atoms with Crippen LogP contribution in [0, 0.1) is 18.5 Å². The van der Waals surface area contributed by atoms with E-state index in [1.165, 1.54) is 43.0 Å². The predicted octanol–water partition coefficient (Wildman–Crippen LogP) is 12.3. The van der Waals surface area contributed by atoms with Crippen LogP contribution in [-0.2, 0) is 27.5 Å². The van der Waals surface area contributed by atoms with Crippen molar-refractivity contribution >= 4 is 46.1 Å². The molecule has 5 nitrogen and oxygen atoms in total. The van der Waals surface area contributed by atoms with Crippen molar-refractivity contribution in [3.63, 3.8) is 0 Å². The molecule has 7 aromatic carbocycles. The minimum Gasteiger partial charge on any atom is -0.510 e. The van der Waals surface area contributed by atoms with E-state index in [4.69, 9.17) is 23.4 Å². The molecule has 1 fully saturated rings. The van der Waals surface area contributed by atoms with Crippen molar-refractivity contribution in [1.82, 2.24) is 14.1 Å². The molecule has 10 aromatic rings. The van der Waals surface area contributed by atoms with Gasteiger partial charge in [0.2, 0.25) is 0 Å². The molecule has 7 heteroatoms. The molecular weight excluding hydrogens is 956 g/mol. The number of hydrogen-bond donors (Lipinski definition) is 0. The number of fused-ring (bicyclic) bond motifs is 6. The minimum absolute atomic E-state index is 0. The molecule has 3 aromatic heterocycles. The molecule has 0 unspecified atom stereocenters. The quantitative estimate of drug-likeness (QED) is 0.0906. The Hall–Kier alpha value is -6.33. The van der Waals surface area contributed by atoms with Crippen molar-refractivity contribution in [2.75, 3.05) is 0 Å². The van der Waals surface area contributed by atoms with E-state index in [0.717, 1.165) is 34.0 Å². The van der Waals surface area contributed by atoms with Gasteiger partial charge in [0, 0.05) is 44.3 Å². The van der Waals surface area contributed by atoms with Gasteiger partial charge in [-0.2, -0.15) is 18.2 Å². The zero-order chi connectivity index (χ0) is 49.0. The van der Waals surface area contributed by atoms with Crippen molar-refractivity contribution in [1.29, 1.82) is 0 Å². The first-order chi connectivity index (χ1) is 34.3. The van der Waals surface area contributed by atoms with Crippen LogP contribution in [0.15, 0.2) is 170 Å². The van der Waals surface area contributed by atoms with Crippen molar-refractivity contribution in [3.05, 3.63) is 194 Å². The zero-order valence-corrected chi connectivity index (χ0v) is 36.6. The van der Waals surface area contributed by atoms with Gasteiger partial charge in [-0.25, -0.2) is 4.98 Å². The van der Waals surface area contributed by atoms with E-state index in [-0.39, 0.29) is 49.0 Å². The number of rotatable bonds is 7. The molecule has 0 saturated carbocycles. The number of imidazole rings is 1. The second kappa shape index (κ2) is 15.8. The number of hydrogen-bond acceptors (Lipinski definition) is 2. The van der Waals surface area contributed by atoms with E-state index in [1.54, 1.807) is 38.6 Å². The molecule has 0 atom stereocenters. The number of aryl methyl sites for hydroxylation is 1. The van der Waals surface area contributed by atoms with Crippen LogP contribution in [0.5, 0.6) is 11.5 Å². The monoisotopic (exact) mass is 1010 g/mol. The van der Waals surface area contributed by atoms with Gasteiger partial charge in [0.05, 0.1) is 38.5 Å². The third-order valence-electron chi connectivity index (χ3n) is 12.6. The van der Waals surface area contributed by atoms with E-state index in [9.17, 15) is 0 Å². The largest absolute Gasteiger partial charge is 0.510 e. The third kappa shape index (κ3) is 6.47. The summed E-state index contributed by atoms with van der Waals surface area (Å²) in [6.07, 6.45) is 10.6. The molecule has 0 aliphatic carbocycles. The van der Waals surface area contributed by atoms with Crippen LogP contribution in [0.2, 0.25) is 18.1 Å². The Morgan fingerprint density at radius 3 is 2.11 bits per heavy atom. The van der Waals surface area contributed by atoms with Crippen molar-refractivity contribution in [3.8, 4) is 50.9 Å². The molecule has 12 rings (SSSR count). The van der Waals surface area contributed by atoms with Gasteiger partial charge in [-0.05, 0) is 62.6 Å². The summed E-state index contributed by atoms with van der Waals surface area (Å²) in [7, 11) is -1.49. The molecule has 2 aliphatic rings. The third-order valence-corrected chi connectivity index (χ3v) is 18.1. The Kier molecular flexibility index (Phi) is 7.43. The molecule has 1 saturated heterocycles. The average molecular weight is 1010 g/mol. The molecule has 5 heterocycles. The Bertz CT molecular complexity index is 3740. The fourth-order valence-electron chi connectivity index (χ4n) is 9.89. The van der Waals surface area contributed by atoms with Gasteiger partial charge in [-0.15, -0.1) is 29.7 Å². The van der Waals surface area contributed by atoms with Gasteiger partial charge < -0.3 is 13.9 Å². The van der Waals surface area contributed by atoms with Crippen molar-refractivity contribution < 1.29 is 44.1 Å². The maximum atomic E-state index is 9.02. The SMILES string of the molecule is [2H]c1c([2H])c([2H])c(-c2cccc(-c3c([2H])c([2H])c([2H])c([2H])c3[2H])c2-[n+]2[c-]n(-c3[c-]c(Oc4[c-]c5c(cc4)c4ccccc4n5-c4cc5c(cn4)[Si]4(CCCC4)CCC5)ccc3)c3ccccc32)c([2H])c1[2H].[Pt]. The summed E-state index contributed by atoms with van der Waals surface area (Å²) >= 11 is 0. The predicted molar refractivity (Wildman–Crippen MR) is 248 cm³/mol. The maximum absolute atomic E-state index is 9.02. The number of para-hydroxylation sites is 4. The van der Waals surface area contributed by atoms with E-state index >= 15 is 0 Å². The summed E-state index contributed by atoms with van der Waals surface area (Å²) in [6.45, 7) is 0.